The third-order valence-corrected chi connectivity index (χ3v) is 2.84. The molecular formula is C12H20N4. The van der Waals surface area contributed by atoms with Crippen molar-refractivity contribution >= 4 is 11.8 Å². The molecule has 0 unspecified atom stereocenters. The van der Waals surface area contributed by atoms with Crippen molar-refractivity contribution in [2.24, 2.45) is 0 Å². The molecule has 0 aromatic carbocycles. The van der Waals surface area contributed by atoms with Crippen LogP contribution < -0.4 is 10.2 Å². The second-order valence-electron chi connectivity index (χ2n) is 4.27. The van der Waals surface area contributed by atoms with E-state index >= 15 is 0 Å². The summed E-state index contributed by atoms with van der Waals surface area (Å²) in [5.74, 6) is 1.83. The Hall–Kier alpha value is -1.32. The monoisotopic (exact) mass is 220 g/mol. The van der Waals surface area contributed by atoms with Crippen molar-refractivity contribution in [3.05, 3.63) is 11.8 Å². The van der Waals surface area contributed by atoms with E-state index in [0.717, 1.165) is 37.1 Å². The molecule has 16 heavy (non-hydrogen) atoms. The largest absolute Gasteiger partial charge is 0.370 e. The molecule has 0 aliphatic carbocycles. The zero-order chi connectivity index (χ0) is 11.4. The van der Waals surface area contributed by atoms with Crippen LogP contribution in [0.2, 0.25) is 0 Å². The Balaban J connectivity index is 2.18. The molecule has 2 rings (SSSR count). The van der Waals surface area contributed by atoms with Crippen molar-refractivity contribution in [3.8, 4) is 0 Å². The summed E-state index contributed by atoms with van der Waals surface area (Å²) in [5, 5.41) is 3.25. The quantitative estimate of drug-likeness (QED) is 0.848. The molecule has 0 spiro atoms. The minimum Gasteiger partial charge on any atom is -0.370 e. The Labute approximate surface area is 97.1 Å². The molecular weight excluding hydrogens is 200 g/mol. The molecule has 0 bridgehead atoms. The molecule has 0 saturated carbocycles. The van der Waals surface area contributed by atoms with Gasteiger partial charge in [0.2, 0.25) is 5.95 Å². The van der Waals surface area contributed by atoms with Crippen molar-refractivity contribution in [1.29, 1.82) is 0 Å². The first-order valence-electron chi connectivity index (χ1n) is 6.14. The summed E-state index contributed by atoms with van der Waals surface area (Å²) in [5.41, 5.74) is 1.03. The van der Waals surface area contributed by atoms with Gasteiger partial charge in [0.05, 0.1) is 0 Å². The lowest BCUT2D eigenvalue weighted by atomic mass is 10.1. The number of aryl methyl sites for hydroxylation is 1. The fourth-order valence-electron chi connectivity index (χ4n) is 2.06. The summed E-state index contributed by atoms with van der Waals surface area (Å²) in [6.45, 7) is 7.19. The molecule has 1 fully saturated rings. The van der Waals surface area contributed by atoms with Gasteiger partial charge >= 0.3 is 0 Å². The smallest absolute Gasteiger partial charge is 0.227 e. The molecule has 4 nitrogen and oxygen atoms in total. The van der Waals surface area contributed by atoms with Gasteiger partial charge in [-0.2, -0.15) is 4.98 Å². The van der Waals surface area contributed by atoms with Crippen LogP contribution >= 0.6 is 0 Å². The summed E-state index contributed by atoms with van der Waals surface area (Å²) < 4.78 is 0. The lowest BCUT2D eigenvalue weighted by molar-refractivity contribution is 0.568. The molecule has 1 N–H and O–H groups in total. The molecule has 1 aliphatic heterocycles. The first kappa shape index (κ1) is 11.2. The van der Waals surface area contributed by atoms with Crippen molar-refractivity contribution in [3.63, 3.8) is 0 Å². The Morgan fingerprint density at radius 1 is 1.25 bits per heavy atom. The van der Waals surface area contributed by atoms with Crippen LogP contribution in [0.3, 0.4) is 0 Å². The van der Waals surface area contributed by atoms with Crippen LogP contribution in [0.4, 0.5) is 11.8 Å². The van der Waals surface area contributed by atoms with E-state index in [4.69, 9.17) is 0 Å². The molecule has 0 radical (unpaired) electrons. The van der Waals surface area contributed by atoms with Gasteiger partial charge in [0.1, 0.15) is 5.82 Å². The second-order valence-corrected chi connectivity index (χ2v) is 4.27. The van der Waals surface area contributed by atoms with E-state index < -0.39 is 0 Å². The first-order chi connectivity index (χ1) is 7.79. The van der Waals surface area contributed by atoms with Crippen LogP contribution in [0, 0.1) is 6.92 Å². The maximum atomic E-state index is 4.55. The van der Waals surface area contributed by atoms with Crippen LogP contribution in [0.25, 0.3) is 0 Å². The normalized spacial score (nSPS) is 16.2. The average Bonchev–Trinajstić information content (AvgIpc) is 2.30. The van der Waals surface area contributed by atoms with E-state index in [-0.39, 0.29) is 0 Å². The fourth-order valence-corrected chi connectivity index (χ4v) is 2.06. The third kappa shape index (κ3) is 2.62. The summed E-state index contributed by atoms with van der Waals surface area (Å²) in [6, 6.07) is 2.00. The van der Waals surface area contributed by atoms with Gasteiger partial charge in [-0.05, 0) is 33.1 Å². The number of anilines is 2. The van der Waals surface area contributed by atoms with E-state index in [0.29, 0.717) is 0 Å². The average molecular weight is 220 g/mol. The Morgan fingerprint density at radius 2 is 2.00 bits per heavy atom. The molecule has 0 amide bonds. The van der Waals surface area contributed by atoms with Gasteiger partial charge in [0.25, 0.3) is 0 Å². The molecule has 88 valence electrons. The van der Waals surface area contributed by atoms with Crippen molar-refractivity contribution < 1.29 is 0 Å². The van der Waals surface area contributed by atoms with Crippen molar-refractivity contribution in [2.75, 3.05) is 29.9 Å². The van der Waals surface area contributed by atoms with E-state index in [2.05, 4.69) is 27.1 Å². The van der Waals surface area contributed by atoms with Gasteiger partial charge in [-0.25, -0.2) is 4.98 Å². The number of aromatic nitrogens is 2. The second kappa shape index (κ2) is 5.14. The predicted octanol–water partition coefficient (Wildman–Crippen LogP) is 2.21. The highest BCUT2D eigenvalue weighted by atomic mass is 15.3. The van der Waals surface area contributed by atoms with Crippen LogP contribution in [0.1, 0.15) is 31.9 Å². The standard InChI is InChI=1S/C12H20N4/c1-3-13-11-9-10(2)14-12(15-11)16-7-5-4-6-8-16/h9H,3-8H2,1-2H3,(H,13,14,15). The maximum Gasteiger partial charge on any atom is 0.227 e. The maximum absolute atomic E-state index is 4.55. The van der Waals surface area contributed by atoms with Gasteiger partial charge in [-0.15, -0.1) is 0 Å². The van der Waals surface area contributed by atoms with Crippen LogP contribution in [0.15, 0.2) is 6.07 Å². The lowest BCUT2D eigenvalue weighted by Gasteiger charge is -2.27. The summed E-state index contributed by atoms with van der Waals surface area (Å²) in [4.78, 5) is 11.4. The highest BCUT2D eigenvalue weighted by Gasteiger charge is 2.14. The zero-order valence-electron chi connectivity index (χ0n) is 10.2. The Bertz CT molecular complexity index is 345. The van der Waals surface area contributed by atoms with E-state index in [1.165, 1.54) is 19.3 Å². The minimum absolute atomic E-state index is 0.885. The number of rotatable bonds is 3. The summed E-state index contributed by atoms with van der Waals surface area (Å²) in [7, 11) is 0. The van der Waals surface area contributed by atoms with Gasteiger partial charge < -0.3 is 10.2 Å². The van der Waals surface area contributed by atoms with Crippen molar-refractivity contribution in [1.82, 2.24) is 9.97 Å². The number of nitrogens with one attached hydrogen (secondary N) is 1. The van der Waals surface area contributed by atoms with Crippen molar-refractivity contribution in [2.45, 2.75) is 33.1 Å². The Morgan fingerprint density at radius 3 is 2.69 bits per heavy atom. The number of hydrogen-bond donors (Lipinski definition) is 1. The van der Waals surface area contributed by atoms with Crippen LogP contribution in [0.5, 0.6) is 0 Å². The van der Waals surface area contributed by atoms with Crippen LogP contribution in [-0.4, -0.2) is 29.6 Å². The molecule has 1 aromatic rings. The van der Waals surface area contributed by atoms with Crippen LogP contribution in [-0.2, 0) is 0 Å². The molecule has 2 heterocycles. The molecule has 1 aromatic heterocycles. The SMILES string of the molecule is CCNc1cc(C)nc(N2CCCCC2)n1. The summed E-state index contributed by atoms with van der Waals surface area (Å²) >= 11 is 0. The highest BCUT2D eigenvalue weighted by Crippen LogP contribution is 2.18. The predicted molar refractivity (Wildman–Crippen MR) is 67.0 cm³/mol. The van der Waals surface area contributed by atoms with Gasteiger partial charge in [-0.1, -0.05) is 0 Å². The van der Waals surface area contributed by atoms with E-state index in [1.807, 2.05) is 13.0 Å². The molecule has 1 aliphatic rings. The lowest BCUT2D eigenvalue weighted by Crippen LogP contribution is -2.31. The number of nitrogens with zero attached hydrogens (tertiary/aromatic N) is 3. The fraction of sp³-hybridized carbons (Fsp3) is 0.667. The number of piperidine rings is 1. The molecule has 0 atom stereocenters. The molecule has 1 saturated heterocycles. The van der Waals surface area contributed by atoms with Gasteiger partial charge in [0, 0.05) is 31.4 Å². The zero-order valence-corrected chi connectivity index (χ0v) is 10.2. The highest BCUT2D eigenvalue weighted by molar-refractivity contribution is 5.43. The van der Waals surface area contributed by atoms with E-state index in [1.54, 1.807) is 0 Å². The summed E-state index contributed by atoms with van der Waals surface area (Å²) in [6.07, 6.45) is 3.85. The topological polar surface area (TPSA) is 41.1 Å². The van der Waals surface area contributed by atoms with Gasteiger partial charge in [-0.3, -0.25) is 0 Å². The third-order valence-electron chi connectivity index (χ3n) is 2.84. The number of hydrogen-bond acceptors (Lipinski definition) is 4. The Kier molecular flexibility index (Phi) is 3.59. The molecule has 4 heteroatoms. The minimum atomic E-state index is 0.885. The first-order valence-corrected chi connectivity index (χ1v) is 6.14. The van der Waals surface area contributed by atoms with Gasteiger partial charge in [0.15, 0.2) is 0 Å². The van der Waals surface area contributed by atoms with E-state index in [9.17, 15) is 0 Å².